The largest absolute Gasteiger partial charge is 0.490 e. The lowest BCUT2D eigenvalue weighted by Crippen LogP contribution is -2.38. The SMILES string of the molecule is [O]c1cccc2sc(N3CCC(Oc4ccccc4)CC3)nc12. The normalized spacial score (nSPS) is 15.9. The number of fused-ring (bicyclic) bond motifs is 1. The van der Waals surface area contributed by atoms with Gasteiger partial charge in [0.25, 0.3) is 0 Å². The Bertz CT molecular complexity index is 795. The maximum absolute atomic E-state index is 11.8. The third kappa shape index (κ3) is 2.97. The average molecular weight is 325 g/mol. The number of anilines is 1. The molecule has 117 valence electrons. The highest BCUT2D eigenvalue weighted by Gasteiger charge is 2.23. The van der Waals surface area contributed by atoms with Gasteiger partial charge in [-0.1, -0.05) is 35.6 Å². The van der Waals surface area contributed by atoms with E-state index in [0.29, 0.717) is 5.52 Å². The first kappa shape index (κ1) is 14.3. The van der Waals surface area contributed by atoms with Crippen molar-refractivity contribution in [2.75, 3.05) is 18.0 Å². The third-order valence-electron chi connectivity index (χ3n) is 4.13. The molecule has 5 heteroatoms. The molecular weight excluding hydrogens is 308 g/mol. The van der Waals surface area contributed by atoms with Gasteiger partial charge in [-0.15, -0.1) is 0 Å². The van der Waals surface area contributed by atoms with Gasteiger partial charge in [0.2, 0.25) is 5.75 Å². The van der Waals surface area contributed by atoms with Gasteiger partial charge in [-0.3, -0.25) is 5.11 Å². The van der Waals surface area contributed by atoms with Gasteiger partial charge in [-0.25, -0.2) is 4.98 Å². The molecule has 0 N–H and O–H groups in total. The molecule has 3 aromatic rings. The molecule has 2 heterocycles. The fourth-order valence-electron chi connectivity index (χ4n) is 2.90. The Hall–Kier alpha value is -2.27. The Morgan fingerprint density at radius 3 is 2.57 bits per heavy atom. The molecule has 0 spiro atoms. The third-order valence-corrected chi connectivity index (χ3v) is 5.21. The number of aromatic nitrogens is 1. The van der Waals surface area contributed by atoms with Crippen molar-refractivity contribution in [2.24, 2.45) is 0 Å². The monoisotopic (exact) mass is 325 g/mol. The minimum absolute atomic E-state index is 0.00676. The number of benzene rings is 2. The molecule has 23 heavy (non-hydrogen) atoms. The molecule has 0 bridgehead atoms. The molecule has 0 saturated carbocycles. The summed E-state index contributed by atoms with van der Waals surface area (Å²) in [7, 11) is 0. The molecule has 0 amide bonds. The van der Waals surface area contributed by atoms with Crippen molar-refractivity contribution in [3.63, 3.8) is 0 Å². The first-order valence-corrected chi connectivity index (χ1v) is 8.64. The molecule has 1 aromatic heterocycles. The number of para-hydroxylation sites is 2. The fourth-order valence-corrected chi connectivity index (χ4v) is 3.94. The van der Waals surface area contributed by atoms with E-state index in [9.17, 15) is 5.11 Å². The molecule has 1 saturated heterocycles. The van der Waals surface area contributed by atoms with E-state index in [2.05, 4.69) is 9.88 Å². The summed E-state index contributed by atoms with van der Waals surface area (Å²) in [6.07, 6.45) is 2.18. The highest BCUT2D eigenvalue weighted by Crippen LogP contribution is 2.35. The van der Waals surface area contributed by atoms with Crippen LogP contribution in [0.3, 0.4) is 0 Å². The zero-order valence-corrected chi connectivity index (χ0v) is 13.5. The van der Waals surface area contributed by atoms with Crippen LogP contribution in [0, 0.1) is 0 Å². The summed E-state index contributed by atoms with van der Waals surface area (Å²) in [5.74, 6) is 0.939. The Morgan fingerprint density at radius 2 is 1.83 bits per heavy atom. The summed E-state index contributed by atoms with van der Waals surface area (Å²) in [5.41, 5.74) is 0.593. The van der Waals surface area contributed by atoms with E-state index < -0.39 is 0 Å². The second-order valence-electron chi connectivity index (χ2n) is 5.72. The molecule has 0 unspecified atom stereocenters. The molecule has 4 nitrogen and oxygen atoms in total. The van der Waals surface area contributed by atoms with Crippen LogP contribution in [-0.4, -0.2) is 24.2 Å². The average Bonchev–Trinajstić information content (AvgIpc) is 3.02. The van der Waals surface area contributed by atoms with E-state index in [0.717, 1.165) is 41.5 Å². The van der Waals surface area contributed by atoms with E-state index in [1.54, 1.807) is 23.5 Å². The number of nitrogens with zero attached hydrogens (tertiary/aromatic N) is 2. The molecular formula is C18H17N2O2S. The minimum atomic E-state index is 0.00676. The fraction of sp³-hybridized carbons (Fsp3) is 0.278. The molecule has 0 aliphatic carbocycles. The summed E-state index contributed by atoms with van der Waals surface area (Å²) in [6, 6.07) is 15.3. The van der Waals surface area contributed by atoms with Crippen LogP contribution in [0.5, 0.6) is 11.5 Å². The minimum Gasteiger partial charge on any atom is -0.490 e. The van der Waals surface area contributed by atoms with Crippen molar-refractivity contribution in [1.82, 2.24) is 4.98 Å². The Morgan fingerprint density at radius 1 is 1.04 bits per heavy atom. The maximum atomic E-state index is 11.8. The van der Waals surface area contributed by atoms with Gasteiger partial charge in [0, 0.05) is 25.9 Å². The lowest BCUT2D eigenvalue weighted by Gasteiger charge is -2.31. The number of piperidine rings is 1. The van der Waals surface area contributed by atoms with Gasteiger partial charge in [0.15, 0.2) is 5.13 Å². The van der Waals surface area contributed by atoms with Crippen LogP contribution in [0.25, 0.3) is 10.2 Å². The van der Waals surface area contributed by atoms with Crippen LogP contribution >= 0.6 is 11.3 Å². The van der Waals surface area contributed by atoms with Crippen molar-refractivity contribution < 1.29 is 9.84 Å². The van der Waals surface area contributed by atoms with Crippen molar-refractivity contribution in [3.8, 4) is 11.5 Å². The number of hydrogen-bond donors (Lipinski definition) is 0. The van der Waals surface area contributed by atoms with Crippen molar-refractivity contribution in [2.45, 2.75) is 18.9 Å². The first-order valence-electron chi connectivity index (χ1n) is 7.83. The molecule has 0 atom stereocenters. The van der Waals surface area contributed by atoms with Crippen LogP contribution in [0.1, 0.15) is 12.8 Å². The lowest BCUT2D eigenvalue weighted by molar-refractivity contribution is 0.171. The molecule has 1 aliphatic rings. The van der Waals surface area contributed by atoms with Crippen LogP contribution in [0.2, 0.25) is 0 Å². The van der Waals surface area contributed by atoms with E-state index in [4.69, 9.17) is 4.74 Å². The van der Waals surface area contributed by atoms with Gasteiger partial charge >= 0.3 is 0 Å². The van der Waals surface area contributed by atoms with Gasteiger partial charge in [-0.2, -0.15) is 0 Å². The van der Waals surface area contributed by atoms with Gasteiger partial charge in [0.1, 0.15) is 17.4 Å². The summed E-state index contributed by atoms with van der Waals surface area (Å²) >= 11 is 1.60. The quantitative estimate of drug-likeness (QED) is 0.713. The predicted molar refractivity (Wildman–Crippen MR) is 92.1 cm³/mol. The lowest BCUT2D eigenvalue weighted by atomic mass is 10.1. The van der Waals surface area contributed by atoms with Crippen LogP contribution < -0.4 is 9.64 Å². The van der Waals surface area contributed by atoms with Crippen molar-refractivity contribution in [3.05, 3.63) is 48.5 Å². The molecule has 1 fully saturated rings. The molecule has 1 radical (unpaired) electrons. The zero-order chi connectivity index (χ0) is 15.6. The van der Waals surface area contributed by atoms with E-state index in [1.807, 2.05) is 36.4 Å². The molecule has 2 aromatic carbocycles. The number of hydrogen-bond acceptors (Lipinski definition) is 4. The highest BCUT2D eigenvalue weighted by atomic mass is 32.1. The Labute approximate surface area is 139 Å². The van der Waals surface area contributed by atoms with Crippen LogP contribution in [0.15, 0.2) is 48.5 Å². The Balaban J connectivity index is 1.43. The Kier molecular flexibility index (Phi) is 3.79. The molecule has 1 aliphatic heterocycles. The van der Waals surface area contributed by atoms with E-state index in [1.165, 1.54) is 0 Å². The maximum Gasteiger partial charge on any atom is 0.205 e. The summed E-state index contributed by atoms with van der Waals surface area (Å²) in [6.45, 7) is 1.82. The topological polar surface area (TPSA) is 45.3 Å². The van der Waals surface area contributed by atoms with Gasteiger partial charge < -0.3 is 9.64 Å². The standard InChI is InChI=1S/C18H17N2O2S/c21-15-7-4-8-16-17(15)19-18(23-16)20-11-9-14(10-12-20)22-13-5-2-1-3-6-13/h1-8,14H,9-12H2. The van der Waals surface area contributed by atoms with Crippen molar-refractivity contribution >= 4 is 26.7 Å². The second-order valence-corrected chi connectivity index (χ2v) is 6.73. The van der Waals surface area contributed by atoms with E-state index in [-0.39, 0.29) is 11.9 Å². The predicted octanol–water partition coefficient (Wildman–Crippen LogP) is 4.49. The van der Waals surface area contributed by atoms with Gasteiger partial charge in [-0.05, 0) is 24.3 Å². The zero-order valence-electron chi connectivity index (χ0n) is 12.6. The smallest absolute Gasteiger partial charge is 0.205 e. The summed E-state index contributed by atoms with van der Waals surface area (Å²) < 4.78 is 6.99. The summed E-state index contributed by atoms with van der Waals surface area (Å²) in [5, 5.41) is 12.8. The van der Waals surface area contributed by atoms with Crippen molar-refractivity contribution in [1.29, 1.82) is 0 Å². The highest BCUT2D eigenvalue weighted by molar-refractivity contribution is 7.22. The van der Waals surface area contributed by atoms with Crippen LogP contribution in [-0.2, 0) is 5.11 Å². The number of thiazole rings is 1. The van der Waals surface area contributed by atoms with E-state index >= 15 is 0 Å². The number of ether oxygens (including phenoxy) is 1. The van der Waals surface area contributed by atoms with Gasteiger partial charge in [0.05, 0.1) is 4.70 Å². The summed E-state index contributed by atoms with van der Waals surface area (Å²) in [4.78, 5) is 6.79. The molecule has 4 rings (SSSR count). The first-order chi connectivity index (χ1) is 11.3. The second kappa shape index (κ2) is 6.08. The number of rotatable bonds is 3. The van der Waals surface area contributed by atoms with Crippen LogP contribution in [0.4, 0.5) is 5.13 Å².